The summed E-state index contributed by atoms with van der Waals surface area (Å²) in [4.78, 5) is 4.29. The number of nitrogens with one attached hydrogen (secondary N) is 2. The molecule has 0 radical (unpaired) electrons. The van der Waals surface area contributed by atoms with Crippen LogP contribution in [0.4, 0.5) is 0 Å². The summed E-state index contributed by atoms with van der Waals surface area (Å²) in [5, 5.41) is 16.1. The van der Waals surface area contributed by atoms with Crippen molar-refractivity contribution in [3.05, 3.63) is 0 Å². The molecule has 1 aliphatic heterocycles. The second-order valence-corrected chi connectivity index (χ2v) is 7.23. The molecule has 0 aromatic carbocycles. The smallest absolute Gasteiger partial charge is 0.190 e. The van der Waals surface area contributed by atoms with E-state index in [1.54, 1.807) is 0 Å². The average Bonchev–Trinajstić information content (AvgIpc) is 2.98. The molecule has 0 aromatic rings. The molecule has 1 unspecified atom stereocenters. The molecule has 136 valence electrons. The number of hydrogen-bond donors (Lipinski definition) is 3. The normalized spacial score (nSPS) is 21.9. The van der Waals surface area contributed by atoms with Gasteiger partial charge in [-0.15, -0.1) is 0 Å². The minimum Gasteiger partial charge on any atom is -0.396 e. The molecular weight excluding hydrogens is 290 g/mol. The fourth-order valence-corrected chi connectivity index (χ4v) is 3.04. The van der Waals surface area contributed by atoms with Gasteiger partial charge in [-0.3, -0.25) is 4.99 Å². The molecule has 1 atom stereocenters. The average molecular weight is 328 g/mol. The molecule has 0 aliphatic carbocycles. The van der Waals surface area contributed by atoms with Crippen LogP contribution in [-0.4, -0.2) is 51.0 Å². The largest absolute Gasteiger partial charge is 0.396 e. The highest BCUT2D eigenvalue weighted by atomic mass is 16.5. The maximum absolute atomic E-state index is 9.26. The molecule has 0 saturated carbocycles. The van der Waals surface area contributed by atoms with Gasteiger partial charge in [0.2, 0.25) is 0 Å². The Morgan fingerprint density at radius 3 is 2.61 bits per heavy atom. The Hall–Kier alpha value is -0.810. The number of aliphatic hydroxyl groups is 1. The molecule has 1 rings (SSSR count). The van der Waals surface area contributed by atoms with Crippen LogP contribution in [0.1, 0.15) is 58.8 Å². The zero-order valence-corrected chi connectivity index (χ0v) is 15.4. The van der Waals surface area contributed by atoms with E-state index in [-0.39, 0.29) is 12.0 Å². The van der Waals surface area contributed by atoms with Crippen LogP contribution in [0, 0.1) is 11.3 Å². The standard InChI is InChI=1S/C18H37N3O2/c1-16(2)8-6-4-5-7-11-20-17(19-3)21-14-18(9-12-22)10-13-23-15-18/h16,22H,4-15H2,1-3H3,(H2,19,20,21). The number of aliphatic imine (C=N–C) groups is 1. The van der Waals surface area contributed by atoms with Crippen LogP contribution in [0.3, 0.4) is 0 Å². The first-order valence-corrected chi connectivity index (χ1v) is 9.25. The minimum atomic E-state index is 0.0587. The summed E-state index contributed by atoms with van der Waals surface area (Å²) < 4.78 is 5.52. The van der Waals surface area contributed by atoms with Crippen molar-refractivity contribution in [3.8, 4) is 0 Å². The molecule has 1 saturated heterocycles. The molecular formula is C18H37N3O2. The summed E-state index contributed by atoms with van der Waals surface area (Å²) in [6.45, 7) is 8.09. The highest BCUT2D eigenvalue weighted by molar-refractivity contribution is 5.79. The summed E-state index contributed by atoms with van der Waals surface area (Å²) in [5.74, 6) is 1.68. The lowest BCUT2D eigenvalue weighted by molar-refractivity contribution is 0.127. The second kappa shape index (κ2) is 11.7. The minimum absolute atomic E-state index is 0.0587. The lowest BCUT2D eigenvalue weighted by Gasteiger charge is -2.27. The van der Waals surface area contributed by atoms with Gasteiger partial charge in [0.1, 0.15) is 0 Å². The van der Waals surface area contributed by atoms with E-state index in [1.165, 1.54) is 32.1 Å². The first kappa shape index (κ1) is 20.2. The van der Waals surface area contributed by atoms with Gasteiger partial charge in [0.15, 0.2) is 5.96 Å². The molecule has 5 nitrogen and oxygen atoms in total. The van der Waals surface area contributed by atoms with Crippen molar-refractivity contribution in [2.24, 2.45) is 16.3 Å². The molecule has 5 heteroatoms. The van der Waals surface area contributed by atoms with Crippen molar-refractivity contribution in [1.29, 1.82) is 0 Å². The number of guanidine groups is 1. The van der Waals surface area contributed by atoms with Crippen molar-refractivity contribution < 1.29 is 9.84 Å². The molecule has 1 aliphatic rings. The first-order chi connectivity index (χ1) is 11.1. The SMILES string of the molecule is CN=C(NCCCCCCC(C)C)NCC1(CCO)CCOC1. The number of rotatable bonds is 11. The van der Waals surface area contributed by atoms with Gasteiger partial charge in [-0.05, 0) is 25.2 Å². The third-order valence-electron chi connectivity index (χ3n) is 4.68. The second-order valence-electron chi connectivity index (χ2n) is 7.23. The van der Waals surface area contributed by atoms with E-state index in [0.29, 0.717) is 0 Å². The zero-order valence-electron chi connectivity index (χ0n) is 15.4. The first-order valence-electron chi connectivity index (χ1n) is 9.25. The van der Waals surface area contributed by atoms with Crippen LogP contribution in [0.5, 0.6) is 0 Å². The lowest BCUT2D eigenvalue weighted by Crippen LogP contribution is -2.44. The summed E-state index contributed by atoms with van der Waals surface area (Å²) in [6, 6.07) is 0. The van der Waals surface area contributed by atoms with Crippen LogP contribution < -0.4 is 10.6 Å². The molecule has 0 aromatic heterocycles. The van der Waals surface area contributed by atoms with Crippen LogP contribution in [0.15, 0.2) is 4.99 Å². The quantitative estimate of drug-likeness (QED) is 0.310. The van der Waals surface area contributed by atoms with E-state index in [0.717, 1.165) is 51.0 Å². The van der Waals surface area contributed by atoms with Crippen LogP contribution in [-0.2, 0) is 4.74 Å². The summed E-state index contributed by atoms with van der Waals surface area (Å²) >= 11 is 0. The molecule has 1 heterocycles. The Bertz CT molecular complexity index is 326. The summed E-state index contributed by atoms with van der Waals surface area (Å²) in [7, 11) is 1.81. The third-order valence-corrected chi connectivity index (χ3v) is 4.68. The van der Waals surface area contributed by atoms with Gasteiger partial charge in [-0.2, -0.15) is 0 Å². The number of unbranched alkanes of at least 4 members (excludes halogenated alkanes) is 3. The fraction of sp³-hybridized carbons (Fsp3) is 0.944. The van der Waals surface area contributed by atoms with Crippen LogP contribution >= 0.6 is 0 Å². The lowest BCUT2D eigenvalue weighted by atomic mass is 9.84. The van der Waals surface area contributed by atoms with E-state index in [2.05, 4.69) is 29.5 Å². The maximum atomic E-state index is 9.26. The molecule has 0 bridgehead atoms. The fourth-order valence-electron chi connectivity index (χ4n) is 3.04. The topological polar surface area (TPSA) is 65.9 Å². The Morgan fingerprint density at radius 2 is 2.00 bits per heavy atom. The van der Waals surface area contributed by atoms with E-state index >= 15 is 0 Å². The Kier molecular flexibility index (Phi) is 10.3. The van der Waals surface area contributed by atoms with Gasteiger partial charge in [-0.25, -0.2) is 0 Å². The van der Waals surface area contributed by atoms with Crippen molar-refractivity contribution in [2.75, 3.05) is 40.0 Å². The van der Waals surface area contributed by atoms with Crippen molar-refractivity contribution in [2.45, 2.75) is 58.8 Å². The predicted molar refractivity (Wildman–Crippen MR) is 96.9 cm³/mol. The zero-order chi connectivity index (χ0) is 17.0. The van der Waals surface area contributed by atoms with Gasteiger partial charge in [0.05, 0.1) is 6.61 Å². The van der Waals surface area contributed by atoms with Crippen molar-refractivity contribution in [3.63, 3.8) is 0 Å². The molecule has 23 heavy (non-hydrogen) atoms. The molecule has 1 fully saturated rings. The van der Waals surface area contributed by atoms with Gasteiger partial charge >= 0.3 is 0 Å². The highest BCUT2D eigenvalue weighted by Crippen LogP contribution is 2.31. The van der Waals surface area contributed by atoms with Crippen LogP contribution in [0.25, 0.3) is 0 Å². The Balaban J connectivity index is 2.14. The van der Waals surface area contributed by atoms with E-state index in [4.69, 9.17) is 4.74 Å². The van der Waals surface area contributed by atoms with Crippen molar-refractivity contribution >= 4 is 5.96 Å². The number of aliphatic hydroxyl groups excluding tert-OH is 1. The Labute approximate surface area is 142 Å². The van der Waals surface area contributed by atoms with Gasteiger partial charge in [0, 0.05) is 38.8 Å². The monoisotopic (exact) mass is 327 g/mol. The maximum Gasteiger partial charge on any atom is 0.190 e. The number of hydrogen-bond acceptors (Lipinski definition) is 3. The van der Waals surface area contributed by atoms with Crippen molar-refractivity contribution in [1.82, 2.24) is 10.6 Å². The number of nitrogens with zero attached hydrogens (tertiary/aromatic N) is 1. The molecule has 3 N–H and O–H groups in total. The summed E-state index contributed by atoms with van der Waals surface area (Å²) in [5.41, 5.74) is 0.0587. The highest BCUT2D eigenvalue weighted by Gasteiger charge is 2.34. The van der Waals surface area contributed by atoms with E-state index < -0.39 is 0 Å². The van der Waals surface area contributed by atoms with Gasteiger partial charge in [-0.1, -0.05) is 39.5 Å². The third kappa shape index (κ3) is 8.56. The van der Waals surface area contributed by atoms with Gasteiger partial charge in [0.25, 0.3) is 0 Å². The van der Waals surface area contributed by atoms with E-state index in [1.807, 2.05) is 7.05 Å². The number of ether oxygens (including phenoxy) is 1. The Morgan fingerprint density at radius 1 is 1.22 bits per heavy atom. The summed E-state index contributed by atoms with van der Waals surface area (Å²) in [6.07, 6.45) is 8.26. The molecule has 0 amide bonds. The predicted octanol–water partition coefficient (Wildman–Crippen LogP) is 2.55. The van der Waals surface area contributed by atoms with Gasteiger partial charge < -0.3 is 20.5 Å². The van der Waals surface area contributed by atoms with Crippen LogP contribution in [0.2, 0.25) is 0 Å². The van der Waals surface area contributed by atoms with E-state index in [9.17, 15) is 5.11 Å². The molecule has 0 spiro atoms.